The van der Waals surface area contributed by atoms with Crippen LogP contribution in [0.4, 0.5) is 0 Å². The molecule has 2 saturated heterocycles. The van der Waals surface area contributed by atoms with E-state index >= 15 is 0 Å². The van der Waals surface area contributed by atoms with Crippen molar-refractivity contribution in [3.05, 3.63) is 11.8 Å². The van der Waals surface area contributed by atoms with Crippen LogP contribution in [0.3, 0.4) is 0 Å². The maximum absolute atomic E-state index is 12.2. The molecular weight excluding hydrogens is 320 g/mol. The van der Waals surface area contributed by atoms with E-state index in [4.69, 9.17) is 28.4 Å². The minimum absolute atomic E-state index is 0.185. The molecule has 3 aliphatic heterocycles. The highest BCUT2D eigenvalue weighted by atomic mass is 16.8. The van der Waals surface area contributed by atoms with Crippen LogP contribution in [0.1, 0.15) is 27.7 Å². The van der Waals surface area contributed by atoms with E-state index in [0.717, 1.165) is 0 Å². The Kier molecular flexibility index (Phi) is 4.54. The molecular formula is C16H22O8. The van der Waals surface area contributed by atoms with Gasteiger partial charge in [0.25, 0.3) is 0 Å². The Balaban J connectivity index is 1.85. The third kappa shape index (κ3) is 3.01. The summed E-state index contributed by atoms with van der Waals surface area (Å²) in [7, 11) is 0. The molecule has 0 N–H and O–H groups in total. The lowest BCUT2D eigenvalue weighted by Crippen LogP contribution is -2.47. The number of fused-ring (bicyclic) bond motifs is 3. The van der Waals surface area contributed by atoms with E-state index in [1.54, 1.807) is 33.8 Å². The molecule has 3 heterocycles. The summed E-state index contributed by atoms with van der Waals surface area (Å²) in [4.78, 5) is 24.4. The monoisotopic (exact) mass is 342 g/mol. The van der Waals surface area contributed by atoms with Gasteiger partial charge >= 0.3 is 11.9 Å². The van der Waals surface area contributed by atoms with Gasteiger partial charge in [0, 0.05) is 0 Å². The zero-order chi connectivity index (χ0) is 17.5. The molecule has 0 bridgehead atoms. The number of carbonyl (C=O) groups excluding carboxylic acids is 2. The summed E-state index contributed by atoms with van der Waals surface area (Å²) in [6.07, 6.45) is -1.33. The molecule has 8 heteroatoms. The van der Waals surface area contributed by atoms with Gasteiger partial charge in [-0.25, -0.2) is 4.79 Å². The fourth-order valence-corrected chi connectivity index (χ4v) is 3.06. The van der Waals surface area contributed by atoms with E-state index in [-0.39, 0.29) is 13.2 Å². The van der Waals surface area contributed by atoms with Crippen LogP contribution in [0.2, 0.25) is 0 Å². The van der Waals surface area contributed by atoms with E-state index in [9.17, 15) is 9.59 Å². The van der Waals surface area contributed by atoms with Gasteiger partial charge in [0.2, 0.25) is 6.29 Å². The molecule has 0 aromatic heterocycles. The second-order valence-corrected chi connectivity index (χ2v) is 6.16. The van der Waals surface area contributed by atoms with Gasteiger partial charge < -0.3 is 28.4 Å². The normalized spacial score (nSPS) is 36.2. The van der Waals surface area contributed by atoms with Crippen LogP contribution in [0.15, 0.2) is 11.8 Å². The maximum Gasteiger partial charge on any atom is 0.336 e. The lowest BCUT2D eigenvalue weighted by Gasteiger charge is -2.31. The average Bonchev–Trinajstić information content (AvgIpc) is 2.97. The van der Waals surface area contributed by atoms with Crippen LogP contribution < -0.4 is 0 Å². The Labute approximate surface area is 140 Å². The van der Waals surface area contributed by atoms with Gasteiger partial charge in [0.05, 0.1) is 13.2 Å². The number of rotatable bonds is 4. The molecule has 3 aliphatic rings. The second-order valence-electron chi connectivity index (χ2n) is 6.16. The first-order chi connectivity index (χ1) is 11.4. The summed E-state index contributed by atoms with van der Waals surface area (Å²) >= 11 is 0. The predicted molar refractivity (Wildman–Crippen MR) is 78.4 cm³/mol. The minimum atomic E-state index is -1.10. The number of ether oxygens (including phenoxy) is 6. The molecule has 0 spiro atoms. The maximum atomic E-state index is 12.2. The van der Waals surface area contributed by atoms with E-state index in [2.05, 4.69) is 0 Å². The predicted octanol–water partition coefficient (Wildman–Crippen LogP) is 0.888. The van der Waals surface area contributed by atoms with E-state index in [0.29, 0.717) is 5.76 Å². The highest BCUT2D eigenvalue weighted by Gasteiger charge is 2.58. The average molecular weight is 342 g/mol. The Morgan fingerprint density at radius 1 is 1.12 bits per heavy atom. The first-order valence-corrected chi connectivity index (χ1v) is 8.09. The van der Waals surface area contributed by atoms with Gasteiger partial charge in [-0.3, -0.25) is 4.79 Å². The molecule has 0 aliphatic carbocycles. The third-order valence-electron chi connectivity index (χ3n) is 3.96. The topological polar surface area (TPSA) is 89.5 Å². The van der Waals surface area contributed by atoms with Crippen LogP contribution in [0.25, 0.3) is 0 Å². The smallest absolute Gasteiger partial charge is 0.336 e. The number of carbonyl (C=O) groups is 2. The first-order valence-electron chi connectivity index (χ1n) is 8.09. The zero-order valence-corrected chi connectivity index (χ0v) is 14.1. The van der Waals surface area contributed by atoms with E-state index in [1.165, 1.54) is 0 Å². The first kappa shape index (κ1) is 17.2. The Hall–Kier alpha value is -1.64. The lowest BCUT2D eigenvalue weighted by atomic mass is 9.96. The zero-order valence-electron chi connectivity index (χ0n) is 14.1. The van der Waals surface area contributed by atoms with Gasteiger partial charge in [-0.05, 0) is 33.8 Å². The molecule has 134 valence electrons. The summed E-state index contributed by atoms with van der Waals surface area (Å²) in [6, 6.07) is 0. The van der Waals surface area contributed by atoms with Crippen molar-refractivity contribution in [3.8, 4) is 0 Å². The molecule has 5 unspecified atom stereocenters. The molecule has 5 atom stereocenters. The van der Waals surface area contributed by atoms with Crippen LogP contribution >= 0.6 is 0 Å². The fraction of sp³-hybridized carbons (Fsp3) is 0.750. The van der Waals surface area contributed by atoms with E-state index < -0.39 is 48.2 Å². The van der Waals surface area contributed by atoms with Gasteiger partial charge in [0.1, 0.15) is 17.8 Å². The van der Waals surface area contributed by atoms with Crippen molar-refractivity contribution >= 4 is 11.9 Å². The van der Waals surface area contributed by atoms with Crippen molar-refractivity contribution in [2.75, 3.05) is 13.2 Å². The molecule has 0 amide bonds. The quantitative estimate of drug-likeness (QED) is 0.696. The standard InChI is InChI=1S/C16H22O8/c1-5-19-13(17)8-7-9-11(22-10(8)14(18)20-6-2)12-15(21-9)24-16(3,4)23-12/h7-8,10-12,15H,5-6H2,1-4H3. The molecule has 24 heavy (non-hydrogen) atoms. The van der Waals surface area contributed by atoms with Crippen molar-refractivity contribution < 1.29 is 38.0 Å². The summed E-state index contributed by atoms with van der Waals surface area (Å²) in [6.45, 7) is 7.30. The SMILES string of the molecule is CCOC(=O)C1C=C2OC3OC(C)(C)OC3C2OC1C(=O)OCC. The molecule has 0 aromatic carbocycles. The highest BCUT2D eigenvalue weighted by Crippen LogP contribution is 2.43. The van der Waals surface area contributed by atoms with Crippen LogP contribution in [0, 0.1) is 5.92 Å². The molecule has 3 rings (SSSR count). The van der Waals surface area contributed by atoms with Gasteiger partial charge in [0.15, 0.2) is 18.0 Å². The molecule has 8 nitrogen and oxygen atoms in total. The second kappa shape index (κ2) is 6.34. The summed E-state index contributed by atoms with van der Waals surface area (Å²) in [5.74, 6) is -2.50. The minimum Gasteiger partial charge on any atom is -0.465 e. The molecule has 2 fully saturated rings. The number of hydrogen-bond acceptors (Lipinski definition) is 8. The third-order valence-corrected chi connectivity index (χ3v) is 3.96. The molecule has 0 aromatic rings. The van der Waals surface area contributed by atoms with Crippen molar-refractivity contribution in [2.45, 2.75) is 58.1 Å². The lowest BCUT2D eigenvalue weighted by molar-refractivity contribution is -0.202. The van der Waals surface area contributed by atoms with Crippen molar-refractivity contribution in [1.82, 2.24) is 0 Å². The Morgan fingerprint density at radius 2 is 1.79 bits per heavy atom. The van der Waals surface area contributed by atoms with Gasteiger partial charge in [-0.15, -0.1) is 0 Å². The van der Waals surface area contributed by atoms with Gasteiger partial charge in [-0.2, -0.15) is 0 Å². The van der Waals surface area contributed by atoms with Crippen LogP contribution in [-0.4, -0.2) is 55.5 Å². The number of esters is 2. The van der Waals surface area contributed by atoms with Crippen molar-refractivity contribution in [1.29, 1.82) is 0 Å². The number of hydrogen-bond donors (Lipinski definition) is 0. The van der Waals surface area contributed by atoms with E-state index in [1.807, 2.05) is 0 Å². The highest BCUT2D eigenvalue weighted by molar-refractivity contribution is 5.85. The largest absolute Gasteiger partial charge is 0.465 e. The summed E-state index contributed by atoms with van der Waals surface area (Å²) in [5, 5.41) is 0. The van der Waals surface area contributed by atoms with Crippen molar-refractivity contribution in [2.24, 2.45) is 5.92 Å². The Morgan fingerprint density at radius 3 is 2.46 bits per heavy atom. The molecule has 0 saturated carbocycles. The summed E-state index contributed by atoms with van der Waals surface area (Å²) in [5.41, 5.74) is 0. The van der Waals surface area contributed by atoms with Crippen LogP contribution in [-0.2, 0) is 38.0 Å². The Bertz CT molecular complexity index is 554. The molecule has 0 radical (unpaired) electrons. The fourth-order valence-electron chi connectivity index (χ4n) is 3.06. The van der Waals surface area contributed by atoms with Gasteiger partial charge in [-0.1, -0.05) is 0 Å². The van der Waals surface area contributed by atoms with Crippen LogP contribution in [0.5, 0.6) is 0 Å². The summed E-state index contributed by atoms with van der Waals surface area (Å²) < 4.78 is 33.0. The van der Waals surface area contributed by atoms with Crippen molar-refractivity contribution in [3.63, 3.8) is 0 Å².